The van der Waals surface area contributed by atoms with E-state index in [9.17, 15) is 9.59 Å². The van der Waals surface area contributed by atoms with Crippen LogP contribution in [0.25, 0.3) is 0 Å². The van der Waals surface area contributed by atoms with Crippen molar-refractivity contribution in [3.8, 4) is 0 Å². The quantitative estimate of drug-likeness (QED) is 0.727. The highest BCUT2D eigenvalue weighted by molar-refractivity contribution is 7.15. The van der Waals surface area contributed by atoms with E-state index in [1.54, 1.807) is 6.92 Å². The van der Waals surface area contributed by atoms with Crippen molar-refractivity contribution in [2.45, 2.75) is 26.7 Å². The van der Waals surface area contributed by atoms with E-state index in [-0.39, 0.29) is 18.4 Å². The van der Waals surface area contributed by atoms with Gasteiger partial charge in [0, 0.05) is 13.0 Å². The molecule has 0 spiro atoms. The molecule has 1 rings (SSSR count). The van der Waals surface area contributed by atoms with E-state index in [2.05, 4.69) is 20.8 Å². The highest BCUT2D eigenvalue weighted by Crippen LogP contribution is 2.13. The number of amides is 2. The fourth-order valence-corrected chi connectivity index (χ4v) is 1.81. The lowest BCUT2D eigenvalue weighted by Gasteiger charge is -2.11. The van der Waals surface area contributed by atoms with Gasteiger partial charge in [-0.3, -0.25) is 10.1 Å². The number of nitrogens with one attached hydrogen (secondary N) is 2. The molecule has 0 saturated carbocycles. The summed E-state index contributed by atoms with van der Waals surface area (Å²) in [4.78, 5) is 21.8. The zero-order valence-corrected chi connectivity index (χ0v) is 11.1. The van der Waals surface area contributed by atoms with E-state index in [1.165, 1.54) is 11.3 Å². The molecule has 0 saturated heterocycles. The van der Waals surface area contributed by atoms with Crippen LogP contribution in [0.5, 0.6) is 0 Å². The molecular formula is C10H16N4O3S. The number of hydrogen-bond acceptors (Lipinski definition) is 5. The Labute approximate surface area is 109 Å². The maximum atomic E-state index is 11.5. The summed E-state index contributed by atoms with van der Waals surface area (Å²) in [6, 6.07) is -0.353. The van der Waals surface area contributed by atoms with Gasteiger partial charge < -0.3 is 10.4 Å². The Morgan fingerprint density at radius 2 is 2.17 bits per heavy atom. The van der Waals surface area contributed by atoms with Gasteiger partial charge >= 0.3 is 12.0 Å². The van der Waals surface area contributed by atoms with Crippen LogP contribution in [-0.2, 0) is 4.79 Å². The summed E-state index contributed by atoms with van der Waals surface area (Å²) in [5, 5.41) is 22.5. The zero-order valence-electron chi connectivity index (χ0n) is 10.3. The third-order valence-corrected chi connectivity index (χ3v) is 2.96. The second kappa shape index (κ2) is 6.90. The lowest BCUT2D eigenvalue weighted by atomic mass is 10.1. The Balaban J connectivity index is 2.22. The maximum absolute atomic E-state index is 11.5. The molecule has 0 bridgehead atoms. The van der Waals surface area contributed by atoms with E-state index < -0.39 is 5.97 Å². The van der Waals surface area contributed by atoms with Crippen LogP contribution in [0.2, 0.25) is 0 Å². The predicted octanol–water partition coefficient (Wildman–Crippen LogP) is 1.47. The topological polar surface area (TPSA) is 104 Å². The highest BCUT2D eigenvalue weighted by atomic mass is 32.1. The first kappa shape index (κ1) is 14.4. The molecule has 3 N–H and O–H groups in total. The van der Waals surface area contributed by atoms with Gasteiger partial charge in [0.1, 0.15) is 5.01 Å². The SMILES string of the molecule is Cc1nnc(NC(=O)NCC(C)CCC(=O)O)s1. The van der Waals surface area contributed by atoms with Crippen molar-refractivity contribution in [2.24, 2.45) is 5.92 Å². The molecule has 0 aromatic carbocycles. The van der Waals surface area contributed by atoms with Crippen molar-refractivity contribution in [2.75, 3.05) is 11.9 Å². The van der Waals surface area contributed by atoms with E-state index >= 15 is 0 Å². The lowest BCUT2D eigenvalue weighted by molar-refractivity contribution is -0.137. The van der Waals surface area contributed by atoms with Crippen LogP contribution in [0.1, 0.15) is 24.8 Å². The van der Waals surface area contributed by atoms with Crippen LogP contribution in [0.3, 0.4) is 0 Å². The predicted molar refractivity (Wildman–Crippen MR) is 67.7 cm³/mol. The Bertz CT molecular complexity index is 421. The number of aromatic nitrogens is 2. The number of aliphatic carboxylic acids is 1. The van der Waals surface area contributed by atoms with Gasteiger partial charge in [0.2, 0.25) is 5.13 Å². The number of anilines is 1. The molecule has 100 valence electrons. The van der Waals surface area contributed by atoms with Crippen LogP contribution in [0, 0.1) is 12.8 Å². The largest absolute Gasteiger partial charge is 0.481 e. The normalized spacial score (nSPS) is 11.9. The van der Waals surface area contributed by atoms with Gasteiger partial charge in [-0.25, -0.2) is 4.79 Å². The van der Waals surface area contributed by atoms with Crippen LogP contribution in [-0.4, -0.2) is 33.8 Å². The third kappa shape index (κ3) is 5.58. The van der Waals surface area contributed by atoms with Crippen LogP contribution < -0.4 is 10.6 Å². The first-order valence-corrected chi connectivity index (χ1v) is 6.35. The highest BCUT2D eigenvalue weighted by Gasteiger charge is 2.09. The van der Waals surface area contributed by atoms with Gasteiger partial charge in [-0.15, -0.1) is 10.2 Å². The Hall–Kier alpha value is -1.70. The summed E-state index contributed by atoms with van der Waals surface area (Å²) in [6.07, 6.45) is 0.646. The number of hydrogen-bond donors (Lipinski definition) is 3. The average molecular weight is 272 g/mol. The standard InChI is InChI=1S/C10H16N4O3S/c1-6(3-4-8(15)16)5-11-9(17)12-10-14-13-7(2)18-10/h6H,3-5H2,1-2H3,(H,15,16)(H2,11,12,14,17). The Morgan fingerprint density at radius 3 is 2.72 bits per heavy atom. The van der Waals surface area contributed by atoms with Gasteiger partial charge in [0.05, 0.1) is 0 Å². The molecular weight excluding hydrogens is 256 g/mol. The van der Waals surface area contributed by atoms with E-state index in [0.717, 1.165) is 5.01 Å². The molecule has 8 heteroatoms. The second-order valence-electron chi connectivity index (χ2n) is 4.00. The molecule has 0 aliphatic carbocycles. The number of carboxylic acid groups (broad SMARTS) is 1. The molecule has 1 atom stereocenters. The molecule has 0 radical (unpaired) electrons. The second-order valence-corrected chi connectivity index (χ2v) is 5.18. The number of rotatable bonds is 6. The minimum atomic E-state index is -0.823. The van der Waals surface area contributed by atoms with Crippen LogP contribution in [0.4, 0.5) is 9.93 Å². The number of carboxylic acids is 1. The monoisotopic (exact) mass is 272 g/mol. The summed E-state index contributed by atoms with van der Waals surface area (Å²) in [7, 11) is 0. The smallest absolute Gasteiger partial charge is 0.321 e. The number of aryl methyl sites for hydroxylation is 1. The molecule has 1 unspecified atom stereocenters. The first-order valence-electron chi connectivity index (χ1n) is 5.54. The molecule has 1 aromatic rings. The van der Waals surface area contributed by atoms with Crippen molar-refractivity contribution in [1.82, 2.24) is 15.5 Å². The number of carbonyl (C=O) groups excluding carboxylic acids is 1. The van der Waals surface area contributed by atoms with Crippen LogP contribution >= 0.6 is 11.3 Å². The Morgan fingerprint density at radius 1 is 1.44 bits per heavy atom. The zero-order chi connectivity index (χ0) is 13.5. The number of nitrogens with zero attached hydrogens (tertiary/aromatic N) is 2. The summed E-state index contributed by atoms with van der Waals surface area (Å²) >= 11 is 1.29. The van der Waals surface area contributed by atoms with Crippen molar-refractivity contribution < 1.29 is 14.7 Å². The fourth-order valence-electron chi connectivity index (χ4n) is 1.23. The minimum Gasteiger partial charge on any atom is -0.481 e. The molecule has 0 aliphatic rings. The number of carbonyl (C=O) groups is 2. The van der Waals surface area contributed by atoms with Crippen molar-refractivity contribution in [3.05, 3.63) is 5.01 Å². The minimum absolute atomic E-state index is 0.111. The van der Waals surface area contributed by atoms with Gasteiger partial charge in [-0.1, -0.05) is 18.3 Å². The van der Waals surface area contributed by atoms with Gasteiger partial charge in [-0.2, -0.15) is 0 Å². The molecule has 7 nitrogen and oxygen atoms in total. The van der Waals surface area contributed by atoms with E-state index in [0.29, 0.717) is 18.1 Å². The van der Waals surface area contributed by atoms with Crippen molar-refractivity contribution in [1.29, 1.82) is 0 Å². The summed E-state index contributed by atoms with van der Waals surface area (Å²) in [6.45, 7) is 4.12. The fraction of sp³-hybridized carbons (Fsp3) is 0.600. The van der Waals surface area contributed by atoms with Gasteiger partial charge in [0.25, 0.3) is 0 Å². The first-order chi connectivity index (χ1) is 8.47. The maximum Gasteiger partial charge on any atom is 0.321 e. The molecule has 0 aliphatic heterocycles. The van der Waals surface area contributed by atoms with E-state index in [1.807, 2.05) is 6.92 Å². The lowest BCUT2D eigenvalue weighted by Crippen LogP contribution is -2.32. The van der Waals surface area contributed by atoms with E-state index in [4.69, 9.17) is 5.11 Å². The summed E-state index contributed by atoms with van der Waals surface area (Å²) in [5.74, 6) is -0.710. The Kier molecular flexibility index (Phi) is 5.50. The third-order valence-electron chi connectivity index (χ3n) is 2.21. The average Bonchev–Trinajstić information content (AvgIpc) is 2.69. The van der Waals surface area contributed by atoms with Gasteiger partial charge in [-0.05, 0) is 19.3 Å². The van der Waals surface area contributed by atoms with Crippen molar-refractivity contribution >= 4 is 28.5 Å². The molecule has 2 amide bonds. The summed E-state index contributed by atoms with van der Waals surface area (Å²) < 4.78 is 0. The number of urea groups is 1. The molecule has 1 heterocycles. The molecule has 0 fully saturated rings. The molecule has 18 heavy (non-hydrogen) atoms. The van der Waals surface area contributed by atoms with Crippen molar-refractivity contribution in [3.63, 3.8) is 0 Å². The van der Waals surface area contributed by atoms with Crippen LogP contribution in [0.15, 0.2) is 0 Å². The molecule has 1 aromatic heterocycles. The van der Waals surface area contributed by atoms with Gasteiger partial charge in [0.15, 0.2) is 0 Å². The summed E-state index contributed by atoms with van der Waals surface area (Å²) in [5.41, 5.74) is 0.